The Morgan fingerprint density at radius 1 is 1.26 bits per heavy atom. The number of hydrogen-bond acceptors (Lipinski definition) is 5. The lowest BCUT2D eigenvalue weighted by Crippen LogP contribution is -2.65. The second-order valence-electron chi connectivity index (χ2n) is 9.44. The van der Waals surface area contributed by atoms with Gasteiger partial charge in [-0.1, -0.05) is 42.9 Å². The molecular formula is C28H35N5O2. The third-order valence-electron chi connectivity index (χ3n) is 7.37. The van der Waals surface area contributed by atoms with E-state index in [0.717, 1.165) is 61.4 Å². The van der Waals surface area contributed by atoms with Gasteiger partial charge in [-0.3, -0.25) is 14.5 Å². The first-order valence-corrected chi connectivity index (χ1v) is 12.2. The van der Waals surface area contributed by atoms with Gasteiger partial charge in [-0.25, -0.2) is 4.98 Å². The van der Waals surface area contributed by atoms with Crippen LogP contribution >= 0.6 is 0 Å². The van der Waals surface area contributed by atoms with Crippen LogP contribution in [0.1, 0.15) is 53.9 Å². The lowest BCUT2D eigenvalue weighted by Gasteiger charge is -2.56. The molecule has 4 rings (SSSR count). The van der Waals surface area contributed by atoms with Crippen molar-refractivity contribution >= 4 is 29.8 Å². The SMILES string of the molecule is C=C1C[C@H]2[C@@H]1N(c1ccc(C(=O)NC)nc1)CCN2Cc1ccc(/C=C(\C)CC)c(NC=O)c1C. The molecule has 1 aromatic heterocycles. The number of hydrogen-bond donors (Lipinski definition) is 2. The second-order valence-corrected chi connectivity index (χ2v) is 9.44. The summed E-state index contributed by atoms with van der Waals surface area (Å²) in [6.45, 7) is 13.2. The fourth-order valence-electron chi connectivity index (χ4n) is 5.12. The van der Waals surface area contributed by atoms with Gasteiger partial charge in [0.1, 0.15) is 5.69 Å². The average Bonchev–Trinajstić information content (AvgIpc) is 2.87. The van der Waals surface area contributed by atoms with Crippen LogP contribution in [0.3, 0.4) is 0 Å². The fourth-order valence-corrected chi connectivity index (χ4v) is 5.12. The van der Waals surface area contributed by atoms with Crippen molar-refractivity contribution in [3.63, 3.8) is 0 Å². The van der Waals surface area contributed by atoms with Gasteiger partial charge in [0.05, 0.1) is 23.6 Å². The van der Waals surface area contributed by atoms with Gasteiger partial charge in [0.2, 0.25) is 6.41 Å². The van der Waals surface area contributed by atoms with Crippen LogP contribution in [0.5, 0.6) is 0 Å². The van der Waals surface area contributed by atoms with Crippen LogP contribution in [0.15, 0.2) is 48.2 Å². The van der Waals surface area contributed by atoms with Crippen LogP contribution in [0.2, 0.25) is 0 Å². The van der Waals surface area contributed by atoms with E-state index >= 15 is 0 Å². The molecule has 1 saturated carbocycles. The number of allylic oxidation sites excluding steroid dienone is 1. The van der Waals surface area contributed by atoms with Gasteiger partial charge in [-0.15, -0.1) is 0 Å². The van der Waals surface area contributed by atoms with Gasteiger partial charge in [0.15, 0.2) is 0 Å². The number of rotatable bonds is 8. The van der Waals surface area contributed by atoms with E-state index in [2.05, 4.69) is 71.0 Å². The minimum Gasteiger partial charge on any atom is -0.361 e. The number of anilines is 2. The molecule has 35 heavy (non-hydrogen) atoms. The lowest BCUT2D eigenvalue weighted by molar-refractivity contribution is -0.105. The molecular weight excluding hydrogens is 438 g/mol. The Bertz CT molecular complexity index is 1150. The molecule has 0 radical (unpaired) electrons. The van der Waals surface area contributed by atoms with Crippen LogP contribution in [0, 0.1) is 6.92 Å². The Kier molecular flexibility index (Phi) is 7.36. The van der Waals surface area contributed by atoms with E-state index < -0.39 is 0 Å². The zero-order chi connectivity index (χ0) is 25.1. The summed E-state index contributed by atoms with van der Waals surface area (Å²) < 4.78 is 0. The summed E-state index contributed by atoms with van der Waals surface area (Å²) in [5, 5.41) is 5.55. The second kappa shape index (κ2) is 10.4. The quantitative estimate of drug-likeness (QED) is 0.445. The number of amides is 2. The Balaban J connectivity index is 1.53. The molecule has 2 amide bonds. The maximum atomic E-state index is 11.8. The smallest absolute Gasteiger partial charge is 0.269 e. The highest BCUT2D eigenvalue weighted by atomic mass is 16.1. The monoisotopic (exact) mass is 473 g/mol. The first kappa shape index (κ1) is 24.7. The number of fused-ring (bicyclic) bond motifs is 1. The minimum atomic E-state index is -0.183. The van der Waals surface area contributed by atoms with Crippen molar-refractivity contribution in [3.8, 4) is 0 Å². The van der Waals surface area contributed by atoms with E-state index in [9.17, 15) is 9.59 Å². The van der Waals surface area contributed by atoms with E-state index in [4.69, 9.17) is 0 Å². The zero-order valence-electron chi connectivity index (χ0n) is 21.1. The largest absolute Gasteiger partial charge is 0.361 e. The molecule has 7 heteroatoms. The molecule has 2 atom stereocenters. The molecule has 2 aliphatic rings. The van der Waals surface area contributed by atoms with Gasteiger partial charge in [-0.2, -0.15) is 0 Å². The molecule has 1 aliphatic carbocycles. The maximum Gasteiger partial charge on any atom is 0.269 e. The summed E-state index contributed by atoms with van der Waals surface area (Å²) in [4.78, 5) is 32.4. The minimum absolute atomic E-state index is 0.183. The van der Waals surface area contributed by atoms with Crippen molar-refractivity contribution in [1.82, 2.24) is 15.2 Å². The Labute approximate surface area is 207 Å². The molecule has 0 spiro atoms. The predicted molar refractivity (Wildman–Crippen MR) is 142 cm³/mol. The summed E-state index contributed by atoms with van der Waals surface area (Å²) in [6.07, 6.45) is 6.65. The zero-order valence-corrected chi connectivity index (χ0v) is 21.1. The highest BCUT2D eigenvalue weighted by Gasteiger charge is 2.45. The molecule has 0 unspecified atom stereocenters. The third kappa shape index (κ3) is 4.86. The molecule has 2 heterocycles. The van der Waals surface area contributed by atoms with Crippen molar-refractivity contribution in [2.75, 3.05) is 30.4 Å². The summed E-state index contributed by atoms with van der Waals surface area (Å²) in [5.74, 6) is -0.183. The summed E-state index contributed by atoms with van der Waals surface area (Å²) >= 11 is 0. The number of nitrogens with one attached hydrogen (secondary N) is 2. The van der Waals surface area contributed by atoms with E-state index in [1.165, 1.54) is 16.7 Å². The van der Waals surface area contributed by atoms with Crippen LogP contribution in [-0.4, -0.2) is 54.4 Å². The molecule has 1 aromatic carbocycles. The van der Waals surface area contributed by atoms with Crippen molar-refractivity contribution in [2.45, 2.75) is 52.2 Å². The Morgan fingerprint density at radius 2 is 2.06 bits per heavy atom. The molecule has 184 valence electrons. The van der Waals surface area contributed by atoms with Crippen molar-refractivity contribution < 1.29 is 9.59 Å². The van der Waals surface area contributed by atoms with Crippen molar-refractivity contribution in [1.29, 1.82) is 0 Å². The van der Waals surface area contributed by atoms with E-state index in [1.807, 2.05) is 6.07 Å². The average molecular weight is 474 g/mol. The molecule has 0 bridgehead atoms. The Morgan fingerprint density at radius 3 is 2.69 bits per heavy atom. The van der Waals surface area contributed by atoms with E-state index in [0.29, 0.717) is 11.7 Å². The molecule has 1 aliphatic heterocycles. The van der Waals surface area contributed by atoms with Crippen LogP contribution < -0.4 is 15.5 Å². The van der Waals surface area contributed by atoms with Gasteiger partial charge in [0, 0.05) is 32.7 Å². The summed E-state index contributed by atoms with van der Waals surface area (Å²) in [7, 11) is 1.61. The fraction of sp³-hybridized carbons (Fsp3) is 0.393. The maximum absolute atomic E-state index is 11.8. The number of carbonyl (C=O) groups excluding carboxylic acids is 2. The number of carbonyl (C=O) groups is 2. The van der Waals surface area contributed by atoms with E-state index in [-0.39, 0.29) is 11.9 Å². The van der Waals surface area contributed by atoms with Crippen molar-refractivity contribution in [2.24, 2.45) is 0 Å². The van der Waals surface area contributed by atoms with Gasteiger partial charge >= 0.3 is 0 Å². The predicted octanol–water partition coefficient (Wildman–Crippen LogP) is 4.15. The van der Waals surface area contributed by atoms with Gasteiger partial charge < -0.3 is 15.5 Å². The highest BCUT2D eigenvalue weighted by Crippen LogP contribution is 2.40. The number of piperazine rings is 1. The molecule has 2 fully saturated rings. The third-order valence-corrected chi connectivity index (χ3v) is 7.37. The number of aromatic nitrogens is 1. The van der Waals surface area contributed by atoms with Gasteiger partial charge in [-0.05, 0) is 55.5 Å². The highest BCUT2D eigenvalue weighted by molar-refractivity contribution is 5.92. The molecule has 7 nitrogen and oxygen atoms in total. The van der Waals surface area contributed by atoms with Crippen LogP contribution in [0.25, 0.3) is 6.08 Å². The first-order chi connectivity index (χ1) is 16.9. The number of benzene rings is 1. The first-order valence-electron chi connectivity index (χ1n) is 12.2. The topological polar surface area (TPSA) is 77.6 Å². The molecule has 2 aromatic rings. The number of nitrogens with zero attached hydrogens (tertiary/aromatic N) is 3. The Hall–Kier alpha value is -3.45. The van der Waals surface area contributed by atoms with Crippen LogP contribution in [-0.2, 0) is 11.3 Å². The summed E-state index contributed by atoms with van der Waals surface area (Å²) in [6, 6.07) is 8.66. The van der Waals surface area contributed by atoms with Gasteiger partial charge in [0.25, 0.3) is 5.91 Å². The van der Waals surface area contributed by atoms with Crippen LogP contribution in [0.4, 0.5) is 11.4 Å². The van der Waals surface area contributed by atoms with Crippen molar-refractivity contribution in [3.05, 3.63) is 70.6 Å². The molecule has 2 N–H and O–H groups in total. The standard InChI is InChI=1S/C28H35N5O2/c1-6-18(2)13-21-7-8-22(20(4)26(21)31-17-34)16-32-11-12-33(27-19(3)14-25(27)32)23-9-10-24(30-15-23)28(35)29-5/h7-10,13,15,17,25,27H,3,6,11-12,14,16H2,1-2,4-5H3,(H,29,35)(H,31,34)/b18-13+/t25-,27+/m0/s1. The lowest BCUT2D eigenvalue weighted by atomic mass is 9.77. The number of pyridine rings is 1. The normalized spacial score (nSPS) is 20.2. The molecule has 1 saturated heterocycles. The van der Waals surface area contributed by atoms with E-state index in [1.54, 1.807) is 19.3 Å². The summed E-state index contributed by atoms with van der Waals surface area (Å²) in [5.41, 5.74) is 8.21.